The number of ketones is 1. The van der Waals surface area contributed by atoms with Crippen LogP contribution in [0.15, 0.2) is 46.9 Å². The van der Waals surface area contributed by atoms with E-state index in [2.05, 4.69) is 19.9 Å². The lowest BCUT2D eigenvalue weighted by Crippen LogP contribution is -2.53. The number of morpholine rings is 1. The number of benzene rings is 1. The highest BCUT2D eigenvalue weighted by Gasteiger charge is 2.45. The van der Waals surface area contributed by atoms with Crippen molar-refractivity contribution < 1.29 is 13.9 Å². The van der Waals surface area contributed by atoms with E-state index in [-0.39, 0.29) is 16.8 Å². The molecule has 2 aliphatic heterocycles. The number of nitriles is 1. The van der Waals surface area contributed by atoms with Gasteiger partial charge in [-0.1, -0.05) is 26.0 Å². The summed E-state index contributed by atoms with van der Waals surface area (Å²) in [5.41, 5.74) is 8.55. The molecule has 3 aliphatic rings. The van der Waals surface area contributed by atoms with Crippen molar-refractivity contribution >= 4 is 5.78 Å². The number of allylic oxidation sites excluding steroid dienone is 3. The van der Waals surface area contributed by atoms with Crippen LogP contribution in [-0.4, -0.2) is 42.1 Å². The van der Waals surface area contributed by atoms with Crippen LogP contribution in [0, 0.1) is 22.6 Å². The van der Waals surface area contributed by atoms with Gasteiger partial charge in [-0.2, -0.15) is 5.26 Å². The van der Waals surface area contributed by atoms with Crippen LogP contribution in [0.2, 0.25) is 0 Å². The normalized spacial score (nSPS) is 25.1. The minimum atomic E-state index is -0.647. The number of rotatable bonds is 2. The predicted molar refractivity (Wildman–Crippen MR) is 105 cm³/mol. The SMILES string of the molecule is CC1(C)CC(=O)C2=C(C1)N(N1CCOCC1)C(N)=C(C#N)C2c1cccc(F)c1. The Bertz CT molecular complexity index is 954. The Balaban J connectivity index is 1.93. The molecule has 1 saturated heterocycles. The quantitative estimate of drug-likeness (QED) is 0.828. The van der Waals surface area contributed by atoms with Crippen LogP contribution in [0.5, 0.6) is 0 Å². The zero-order chi connectivity index (χ0) is 20.8. The zero-order valence-electron chi connectivity index (χ0n) is 16.7. The first kappa shape index (κ1) is 19.6. The van der Waals surface area contributed by atoms with E-state index in [0.717, 1.165) is 5.70 Å². The molecule has 1 aromatic carbocycles. The van der Waals surface area contributed by atoms with Crippen LogP contribution in [0.4, 0.5) is 4.39 Å². The van der Waals surface area contributed by atoms with Gasteiger partial charge < -0.3 is 10.5 Å². The monoisotopic (exact) mass is 396 g/mol. The molecule has 152 valence electrons. The van der Waals surface area contributed by atoms with Gasteiger partial charge in [0, 0.05) is 30.8 Å². The molecule has 0 spiro atoms. The molecule has 0 aromatic heterocycles. The van der Waals surface area contributed by atoms with E-state index in [1.807, 2.05) is 10.0 Å². The van der Waals surface area contributed by atoms with Gasteiger partial charge >= 0.3 is 0 Å². The zero-order valence-corrected chi connectivity index (χ0v) is 16.7. The summed E-state index contributed by atoms with van der Waals surface area (Å²) in [6.45, 7) is 6.47. The summed E-state index contributed by atoms with van der Waals surface area (Å²) < 4.78 is 19.5. The standard InChI is InChI=1S/C22H25FN4O2/c1-22(2)11-17-20(18(28)12-22)19(14-4-3-5-15(23)10-14)16(13-24)21(25)27(17)26-6-8-29-9-7-26/h3-5,10,19H,6-9,11-12,25H2,1-2H3. The summed E-state index contributed by atoms with van der Waals surface area (Å²) in [6.07, 6.45) is 1.03. The van der Waals surface area contributed by atoms with Gasteiger partial charge in [-0.3, -0.25) is 9.80 Å². The molecule has 6 nitrogen and oxygen atoms in total. The number of ether oxygens (including phenoxy) is 1. The maximum absolute atomic E-state index is 14.0. The predicted octanol–water partition coefficient (Wildman–Crippen LogP) is 2.81. The van der Waals surface area contributed by atoms with Gasteiger partial charge in [0.15, 0.2) is 5.78 Å². The molecule has 1 unspecified atom stereocenters. The maximum Gasteiger partial charge on any atom is 0.162 e. The Hall–Kier alpha value is -2.69. The fraction of sp³-hybridized carbons (Fsp3) is 0.455. The number of Topliss-reactive ketones (excluding diaryl/α,β-unsaturated/α-hetero) is 1. The third-order valence-corrected chi connectivity index (χ3v) is 5.81. The number of carbonyl (C=O) groups excluding carboxylic acids is 1. The lowest BCUT2D eigenvalue weighted by molar-refractivity contribution is -0.119. The number of hydrogen-bond acceptors (Lipinski definition) is 6. The lowest BCUT2D eigenvalue weighted by atomic mass is 9.69. The number of nitrogens with two attached hydrogens (primary N) is 1. The van der Waals surface area contributed by atoms with Crippen molar-refractivity contribution in [3.05, 3.63) is 58.3 Å². The van der Waals surface area contributed by atoms with E-state index >= 15 is 0 Å². The third-order valence-electron chi connectivity index (χ3n) is 5.81. The minimum Gasteiger partial charge on any atom is -0.383 e. The fourth-order valence-electron chi connectivity index (χ4n) is 4.59. The van der Waals surface area contributed by atoms with Crippen LogP contribution >= 0.6 is 0 Å². The van der Waals surface area contributed by atoms with E-state index in [9.17, 15) is 14.4 Å². The van der Waals surface area contributed by atoms with Crippen molar-refractivity contribution in [1.29, 1.82) is 5.26 Å². The molecule has 1 atom stereocenters. The molecular weight excluding hydrogens is 371 g/mol. The van der Waals surface area contributed by atoms with Crippen molar-refractivity contribution in [2.75, 3.05) is 26.3 Å². The summed E-state index contributed by atoms with van der Waals surface area (Å²) in [5.74, 6) is -0.747. The first-order chi connectivity index (χ1) is 13.8. The smallest absolute Gasteiger partial charge is 0.162 e. The van der Waals surface area contributed by atoms with Gasteiger partial charge in [0.25, 0.3) is 0 Å². The number of carbonyl (C=O) groups is 1. The van der Waals surface area contributed by atoms with Crippen LogP contribution < -0.4 is 5.73 Å². The Labute approximate surface area is 170 Å². The summed E-state index contributed by atoms with van der Waals surface area (Å²) in [7, 11) is 0. The summed E-state index contributed by atoms with van der Waals surface area (Å²) in [6, 6.07) is 8.30. The Morgan fingerprint density at radius 3 is 2.66 bits per heavy atom. The molecule has 1 aliphatic carbocycles. The van der Waals surface area contributed by atoms with E-state index in [4.69, 9.17) is 10.5 Å². The highest BCUT2D eigenvalue weighted by molar-refractivity contribution is 6.00. The van der Waals surface area contributed by atoms with E-state index in [0.29, 0.717) is 56.1 Å². The van der Waals surface area contributed by atoms with Crippen LogP contribution in [0.1, 0.15) is 38.2 Å². The van der Waals surface area contributed by atoms with Crippen molar-refractivity contribution in [1.82, 2.24) is 10.0 Å². The molecular formula is C22H25FN4O2. The Kier molecular flexibility index (Phi) is 4.93. The second kappa shape index (κ2) is 7.29. The van der Waals surface area contributed by atoms with Crippen LogP contribution in [0.3, 0.4) is 0 Å². The number of hydrogen-bond donors (Lipinski definition) is 1. The van der Waals surface area contributed by atoms with Gasteiger partial charge in [-0.05, 0) is 29.5 Å². The van der Waals surface area contributed by atoms with Gasteiger partial charge in [0.2, 0.25) is 0 Å². The largest absolute Gasteiger partial charge is 0.383 e. The highest BCUT2D eigenvalue weighted by Crippen LogP contribution is 2.49. The lowest BCUT2D eigenvalue weighted by Gasteiger charge is -2.48. The van der Waals surface area contributed by atoms with Gasteiger partial charge in [-0.15, -0.1) is 0 Å². The topological polar surface area (TPSA) is 82.6 Å². The fourth-order valence-corrected chi connectivity index (χ4v) is 4.59. The molecule has 4 rings (SSSR count). The van der Waals surface area contributed by atoms with Crippen LogP contribution in [0.25, 0.3) is 0 Å². The number of hydrazine groups is 1. The first-order valence-electron chi connectivity index (χ1n) is 9.86. The van der Waals surface area contributed by atoms with Gasteiger partial charge in [-0.25, -0.2) is 9.40 Å². The molecule has 29 heavy (non-hydrogen) atoms. The second-order valence-electron chi connectivity index (χ2n) is 8.58. The van der Waals surface area contributed by atoms with E-state index in [1.54, 1.807) is 12.1 Å². The Morgan fingerprint density at radius 2 is 2.00 bits per heavy atom. The molecule has 1 aromatic rings. The average molecular weight is 396 g/mol. The third kappa shape index (κ3) is 3.43. The summed E-state index contributed by atoms with van der Waals surface area (Å²) >= 11 is 0. The van der Waals surface area contributed by atoms with Crippen molar-refractivity contribution in [3.8, 4) is 6.07 Å². The first-order valence-corrected chi connectivity index (χ1v) is 9.86. The minimum absolute atomic E-state index is 0.0102. The summed E-state index contributed by atoms with van der Waals surface area (Å²) in [4.78, 5) is 13.3. The Morgan fingerprint density at radius 1 is 1.28 bits per heavy atom. The van der Waals surface area contributed by atoms with Gasteiger partial charge in [0.05, 0.1) is 30.8 Å². The molecule has 0 saturated carbocycles. The van der Waals surface area contributed by atoms with Crippen molar-refractivity contribution in [2.45, 2.75) is 32.6 Å². The number of halogens is 1. The second-order valence-corrected chi connectivity index (χ2v) is 8.58. The molecule has 7 heteroatoms. The van der Waals surface area contributed by atoms with Crippen LogP contribution in [-0.2, 0) is 9.53 Å². The molecule has 1 fully saturated rings. The highest BCUT2D eigenvalue weighted by atomic mass is 19.1. The van der Waals surface area contributed by atoms with Crippen molar-refractivity contribution in [3.63, 3.8) is 0 Å². The van der Waals surface area contributed by atoms with Gasteiger partial charge in [0.1, 0.15) is 11.6 Å². The van der Waals surface area contributed by atoms with E-state index in [1.165, 1.54) is 12.1 Å². The molecule has 2 N–H and O–H groups in total. The number of nitrogens with zero attached hydrogens (tertiary/aromatic N) is 3. The van der Waals surface area contributed by atoms with E-state index < -0.39 is 11.7 Å². The maximum atomic E-state index is 14.0. The molecule has 0 amide bonds. The molecule has 0 radical (unpaired) electrons. The average Bonchev–Trinajstić information content (AvgIpc) is 2.67. The molecule has 0 bridgehead atoms. The molecule has 2 heterocycles. The summed E-state index contributed by atoms with van der Waals surface area (Å²) in [5, 5.41) is 13.9. The van der Waals surface area contributed by atoms with Crippen molar-refractivity contribution in [2.24, 2.45) is 11.1 Å².